The highest BCUT2D eigenvalue weighted by Crippen LogP contribution is 2.09. The van der Waals surface area contributed by atoms with Crippen molar-refractivity contribution in [3.05, 3.63) is 12.0 Å². The topological polar surface area (TPSA) is 30.2 Å². The Labute approximate surface area is 58.2 Å². The molecule has 0 radical (unpaired) electrons. The Morgan fingerprint density at radius 2 is 2.50 bits per heavy atom. The molecule has 0 spiro atoms. The van der Waals surface area contributed by atoms with Gasteiger partial charge in [-0.15, -0.1) is 5.10 Å². The van der Waals surface area contributed by atoms with Crippen molar-refractivity contribution >= 4 is 12.0 Å². The van der Waals surface area contributed by atoms with Crippen molar-refractivity contribution < 1.29 is 4.39 Å². The first kappa shape index (κ1) is 6.92. The third-order valence-corrected chi connectivity index (χ3v) is 1.09. The molecule has 4 heteroatoms. The van der Waals surface area contributed by atoms with Gasteiger partial charge in [0.05, 0.1) is 0 Å². The first-order chi connectivity index (χ1) is 4.74. The molecule has 1 aromatic rings. The van der Waals surface area contributed by atoms with Gasteiger partial charge in [-0.2, -0.15) is 4.39 Å². The minimum Gasteiger partial charge on any atom is -0.248 e. The van der Waals surface area contributed by atoms with E-state index < -0.39 is 5.95 Å². The van der Waals surface area contributed by atoms with Gasteiger partial charge in [0.2, 0.25) is 5.95 Å². The second-order valence-corrected chi connectivity index (χ2v) is 1.84. The average Bonchev–Trinajstić information content (AvgIpc) is 2.13. The van der Waals surface area contributed by atoms with Crippen LogP contribution in [0.25, 0.3) is 0 Å². The number of aliphatic imine (C=N–C) groups is 1. The van der Waals surface area contributed by atoms with Gasteiger partial charge in [-0.05, 0) is 6.92 Å². The van der Waals surface area contributed by atoms with Crippen LogP contribution in [0.3, 0.4) is 0 Å². The first-order valence-corrected chi connectivity index (χ1v) is 2.92. The molecule has 0 amide bonds. The number of hydrogen-bond acceptors (Lipinski definition) is 2. The van der Waals surface area contributed by atoms with Gasteiger partial charge in [0, 0.05) is 19.3 Å². The van der Waals surface area contributed by atoms with Gasteiger partial charge in [0.25, 0.3) is 0 Å². The quantitative estimate of drug-likeness (QED) is 0.542. The third-order valence-electron chi connectivity index (χ3n) is 1.09. The summed E-state index contributed by atoms with van der Waals surface area (Å²) in [6.45, 7) is 1.77. The lowest BCUT2D eigenvalue weighted by Crippen LogP contribution is -1.89. The molecule has 0 fully saturated rings. The van der Waals surface area contributed by atoms with Gasteiger partial charge < -0.3 is 0 Å². The van der Waals surface area contributed by atoms with E-state index in [2.05, 4.69) is 10.1 Å². The van der Waals surface area contributed by atoms with Crippen LogP contribution in [0.2, 0.25) is 0 Å². The van der Waals surface area contributed by atoms with E-state index in [1.54, 1.807) is 20.2 Å². The van der Waals surface area contributed by atoms with Gasteiger partial charge in [0.1, 0.15) is 0 Å². The number of rotatable bonds is 1. The number of aryl methyl sites for hydroxylation is 1. The summed E-state index contributed by atoms with van der Waals surface area (Å²) in [6, 6.07) is 1.28. The summed E-state index contributed by atoms with van der Waals surface area (Å²) in [7, 11) is 1.64. The highest BCUT2D eigenvalue weighted by Gasteiger charge is 1.99. The van der Waals surface area contributed by atoms with Gasteiger partial charge in [-0.25, -0.2) is 9.67 Å². The normalized spacial score (nSPS) is 11.1. The standard InChI is InChI=1S/C6H8FN3/c1-3-8-6-4-5(7)9-10(6)2/h3-4H,1-2H3/b8-3-. The fraction of sp³-hybridized carbons (Fsp3) is 0.333. The van der Waals surface area contributed by atoms with Crippen molar-refractivity contribution in [2.24, 2.45) is 12.0 Å². The minimum atomic E-state index is -0.497. The predicted octanol–water partition coefficient (Wildman–Crippen LogP) is 1.28. The van der Waals surface area contributed by atoms with Crippen molar-refractivity contribution in [1.82, 2.24) is 9.78 Å². The highest BCUT2D eigenvalue weighted by atomic mass is 19.1. The Morgan fingerprint density at radius 3 is 2.90 bits per heavy atom. The summed E-state index contributed by atoms with van der Waals surface area (Å²) in [4.78, 5) is 3.86. The van der Waals surface area contributed by atoms with E-state index in [1.807, 2.05) is 0 Å². The molecule has 0 atom stereocenters. The Hall–Kier alpha value is -1.19. The van der Waals surface area contributed by atoms with Crippen molar-refractivity contribution in [2.45, 2.75) is 6.92 Å². The molecule has 54 valence electrons. The second-order valence-electron chi connectivity index (χ2n) is 1.84. The SMILES string of the molecule is C/C=N\c1cc(F)nn1C. The van der Waals surface area contributed by atoms with Crippen molar-refractivity contribution in [3.63, 3.8) is 0 Å². The fourth-order valence-corrected chi connectivity index (χ4v) is 0.676. The van der Waals surface area contributed by atoms with Gasteiger partial charge in [0.15, 0.2) is 5.82 Å². The third kappa shape index (κ3) is 1.21. The lowest BCUT2D eigenvalue weighted by atomic mass is 10.6. The monoisotopic (exact) mass is 141 g/mol. The van der Waals surface area contributed by atoms with Crippen LogP contribution >= 0.6 is 0 Å². The van der Waals surface area contributed by atoms with Crippen molar-refractivity contribution in [3.8, 4) is 0 Å². The largest absolute Gasteiger partial charge is 0.248 e. The molecular weight excluding hydrogens is 133 g/mol. The highest BCUT2D eigenvalue weighted by molar-refractivity contribution is 5.58. The lowest BCUT2D eigenvalue weighted by molar-refractivity contribution is 0.554. The van der Waals surface area contributed by atoms with E-state index >= 15 is 0 Å². The molecular formula is C6H8FN3. The minimum absolute atomic E-state index is 0.497. The molecule has 1 heterocycles. The van der Waals surface area contributed by atoms with Crippen LogP contribution in [0, 0.1) is 5.95 Å². The van der Waals surface area contributed by atoms with E-state index in [4.69, 9.17) is 0 Å². The number of nitrogens with zero attached hydrogens (tertiary/aromatic N) is 3. The van der Waals surface area contributed by atoms with E-state index in [-0.39, 0.29) is 0 Å². The molecule has 0 aliphatic rings. The van der Waals surface area contributed by atoms with Crippen LogP contribution in [0.4, 0.5) is 10.2 Å². The first-order valence-electron chi connectivity index (χ1n) is 2.92. The zero-order valence-corrected chi connectivity index (χ0v) is 5.87. The Balaban J connectivity index is 3.03. The molecule has 0 saturated carbocycles. The Morgan fingerprint density at radius 1 is 1.80 bits per heavy atom. The van der Waals surface area contributed by atoms with Gasteiger partial charge in [-0.3, -0.25) is 0 Å². The Kier molecular flexibility index (Phi) is 1.80. The van der Waals surface area contributed by atoms with Crippen LogP contribution in [0.1, 0.15) is 6.92 Å². The van der Waals surface area contributed by atoms with E-state index in [0.29, 0.717) is 5.82 Å². The molecule has 0 aliphatic heterocycles. The molecule has 0 saturated heterocycles. The van der Waals surface area contributed by atoms with Crippen molar-refractivity contribution in [1.29, 1.82) is 0 Å². The van der Waals surface area contributed by atoms with E-state index in [0.717, 1.165) is 0 Å². The summed E-state index contributed by atoms with van der Waals surface area (Å²) >= 11 is 0. The summed E-state index contributed by atoms with van der Waals surface area (Å²) in [5, 5.41) is 3.47. The molecule has 3 nitrogen and oxygen atoms in total. The second kappa shape index (κ2) is 2.60. The van der Waals surface area contributed by atoms with E-state index in [1.165, 1.54) is 10.7 Å². The average molecular weight is 141 g/mol. The molecule has 1 rings (SSSR count). The van der Waals surface area contributed by atoms with Crippen LogP contribution in [0.15, 0.2) is 11.1 Å². The smallest absolute Gasteiger partial charge is 0.234 e. The predicted molar refractivity (Wildman–Crippen MR) is 37.0 cm³/mol. The molecule has 0 N–H and O–H groups in total. The van der Waals surface area contributed by atoms with Crippen LogP contribution in [-0.2, 0) is 7.05 Å². The van der Waals surface area contributed by atoms with Gasteiger partial charge in [-0.1, -0.05) is 0 Å². The summed E-state index contributed by atoms with van der Waals surface area (Å²) in [5.74, 6) is 0.0306. The molecule has 10 heavy (non-hydrogen) atoms. The maximum absolute atomic E-state index is 12.3. The molecule has 0 bridgehead atoms. The van der Waals surface area contributed by atoms with Crippen LogP contribution < -0.4 is 0 Å². The van der Waals surface area contributed by atoms with Crippen LogP contribution in [-0.4, -0.2) is 16.0 Å². The summed E-state index contributed by atoms with van der Waals surface area (Å²) in [6.07, 6.45) is 1.59. The zero-order valence-electron chi connectivity index (χ0n) is 5.87. The zero-order chi connectivity index (χ0) is 7.56. The fourth-order valence-electron chi connectivity index (χ4n) is 0.676. The van der Waals surface area contributed by atoms with Crippen molar-refractivity contribution in [2.75, 3.05) is 0 Å². The maximum atomic E-state index is 12.3. The van der Waals surface area contributed by atoms with E-state index in [9.17, 15) is 4.39 Å². The number of hydrogen-bond donors (Lipinski definition) is 0. The Bertz CT molecular complexity index is 251. The molecule has 0 aliphatic carbocycles. The lowest BCUT2D eigenvalue weighted by Gasteiger charge is -1.89. The molecule has 1 aromatic heterocycles. The molecule has 0 aromatic carbocycles. The molecule has 0 unspecified atom stereocenters. The number of halogens is 1. The number of aromatic nitrogens is 2. The van der Waals surface area contributed by atoms with Crippen LogP contribution in [0.5, 0.6) is 0 Å². The summed E-state index contributed by atoms with van der Waals surface area (Å²) in [5.41, 5.74) is 0. The maximum Gasteiger partial charge on any atom is 0.234 e. The summed E-state index contributed by atoms with van der Waals surface area (Å²) < 4.78 is 13.7. The van der Waals surface area contributed by atoms with Gasteiger partial charge >= 0.3 is 0 Å².